The maximum absolute atomic E-state index is 14.5. The summed E-state index contributed by atoms with van der Waals surface area (Å²) in [7, 11) is 1.51. The molecular weight excluding hydrogens is 776 g/mol. The molecule has 1 fully saturated rings. The Bertz CT molecular complexity index is 2210. The number of fused-ring (bicyclic) bond motifs is 3. The Morgan fingerprint density at radius 2 is 1.67 bits per heavy atom. The van der Waals surface area contributed by atoms with Crippen molar-refractivity contribution in [3.8, 4) is 17.2 Å². The normalized spacial score (nSPS) is 23.2. The molecule has 11 heteroatoms. The van der Waals surface area contributed by atoms with Gasteiger partial charge in [0.25, 0.3) is 0 Å². The fraction of sp³-hybridized carbons (Fsp3) is 0.400. The molecule has 7 rings (SSSR count). The van der Waals surface area contributed by atoms with Gasteiger partial charge in [-0.05, 0) is 108 Å². The summed E-state index contributed by atoms with van der Waals surface area (Å²) < 4.78 is 41.1. The van der Waals surface area contributed by atoms with E-state index in [0.29, 0.717) is 47.8 Å². The number of carbonyl (C=O) groups is 1. The number of nitrogens with zero attached hydrogens (tertiary/aromatic N) is 2. The molecule has 1 amide bonds. The number of unbranched alkanes of at least 4 members (excludes halogenated alkanes) is 2. The quantitative estimate of drug-likeness (QED) is 0.0513. The van der Waals surface area contributed by atoms with Crippen LogP contribution in [0.15, 0.2) is 127 Å². The van der Waals surface area contributed by atoms with E-state index < -0.39 is 29.7 Å². The van der Waals surface area contributed by atoms with Crippen molar-refractivity contribution in [1.29, 1.82) is 0 Å². The Labute approximate surface area is 357 Å². The van der Waals surface area contributed by atoms with Crippen LogP contribution >= 0.6 is 0 Å². The Kier molecular flexibility index (Phi) is 14.6. The third-order valence-corrected chi connectivity index (χ3v) is 12.2. The van der Waals surface area contributed by atoms with Crippen LogP contribution in [0, 0.1) is 23.6 Å². The van der Waals surface area contributed by atoms with Crippen molar-refractivity contribution in [1.82, 2.24) is 4.90 Å². The van der Waals surface area contributed by atoms with E-state index in [2.05, 4.69) is 42.6 Å². The molecule has 0 spiro atoms. The van der Waals surface area contributed by atoms with Gasteiger partial charge in [-0.2, -0.15) is 0 Å². The zero-order valence-electron chi connectivity index (χ0n) is 34.9. The second-order valence-electron chi connectivity index (χ2n) is 16.0. The molecule has 1 heterocycles. The summed E-state index contributed by atoms with van der Waals surface area (Å²) in [5, 5.41) is 26.7. The maximum Gasteiger partial charge on any atom is 0.410 e. The predicted octanol–water partition coefficient (Wildman–Crippen LogP) is 10.2. The Morgan fingerprint density at radius 3 is 2.41 bits per heavy atom. The van der Waals surface area contributed by atoms with Gasteiger partial charge in [-0.15, -0.1) is 13.2 Å². The van der Waals surface area contributed by atoms with Crippen LogP contribution in [0.2, 0.25) is 0 Å². The number of halogens is 1. The molecule has 2 aliphatic carbocycles. The minimum atomic E-state index is -1.49. The van der Waals surface area contributed by atoms with Gasteiger partial charge in [-0.25, -0.2) is 9.18 Å². The number of carbonyl (C=O) groups excluding carboxylic acids is 1. The molecule has 0 unspecified atom stereocenters. The second kappa shape index (κ2) is 20.4. The summed E-state index contributed by atoms with van der Waals surface area (Å²) >= 11 is 0. The summed E-state index contributed by atoms with van der Waals surface area (Å²) in [6, 6.07) is 25.3. The minimum absolute atomic E-state index is 0.0249. The van der Waals surface area contributed by atoms with E-state index in [-0.39, 0.29) is 57.1 Å². The van der Waals surface area contributed by atoms with E-state index in [1.165, 1.54) is 19.2 Å². The molecule has 322 valence electrons. The third kappa shape index (κ3) is 9.54. The Balaban J connectivity index is 1.43. The Hall–Kier alpha value is -5.49. The first kappa shape index (κ1) is 43.6. The van der Waals surface area contributed by atoms with Crippen LogP contribution in [0.4, 0.5) is 9.18 Å². The molecule has 2 N–H and O–H groups in total. The van der Waals surface area contributed by atoms with Crippen molar-refractivity contribution < 1.29 is 43.2 Å². The average molecular weight is 833 g/mol. The first-order chi connectivity index (χ1) is 29.8. The number of aliphatic hydroxyl groups is 2. The fourth-order valence-corrected chi connectivity index (χ4v) is 9.59. The third-order valence-electron chi connectivity index (χ3n) is 12.2. The zero-order valence-corrected chi connectivity index (χ0v) is 34.9. The summed E-state index contributed by atoms with van der Waals surface area (Å²) in [6.07, 6.45) is 10.2. The minimum Gasteiger partial charge on any atom is -0.459 e. The lowest BCUT2D eigenvalue weighted by Crippen LogP contribution is -2.70. The molecule has 4 aromatic rings. The van der Waals surface area contributed by atoms with Gasteiger partial charge in [-0.1, -0.05) is 78.7 Å². The zero-order chi connectivity index (χ0) is 42.8. The first-order valence-electron chi connectivity index (χ1n) is 21.4. The van der Waals surface area contributed by atoms with Crippen molar-refractivity contribution in [2.45, 2.75) is 75.7 Å². The summed E-state index contributed by atoms with van der Waals surface area (Å²) in [6.45, 7) is 8.25. The van der Waals surface area contributed by atoms with Crippen molar-refractivity contribution in [3.05, 3.63) is 139 Å². The van der Waals surface area contributed by atoms with E-state index in [1.54, 1.807) is 29.2 Å². The van der Waals surface area contributed by atoms with E-state index in [1.807, 2.05) is 42.5 Å². The highest BCUT2D eigenvalue weighted by Gasteiger charge is 2.65. The van der Waals surface area contributed by atoms with E-state index >= 15 is 0 Å². The molecule has 0 saturated heterocycles. The van der Waals surface area contributed by atoms with E-state index in [4.69, 9.17) is 23.8 Å². The number of aliphatic hydroxyl groups excluding tert-OH is 2. The fourth-order valence-electron chi connectivity index (χ4n) is 9.59. The van der Waals surface area contributed by atoms with Gasteiger partial charge >= 0.3 is 6.09 Å². The van der Waals surface area contributed by atoms with Gasteiger partial charge in [0.2, 0.25) is 5.79 Å². The average Bonchev–Trinajstić information content (AvgIpc) is 3.27. The molecule has 3 aliphatic rings. The Morgan fingerprint density at radius 1 is 0.934 bits per heavy atom. The highest BCUT2D eigenvalue weighted by atomic mass is 19.1. The van der Waals surface area contributed by atoms with Gasteiger partial charge in [0.15, 0.2) is 0 Å². The largest absolute Gasteiger partial charge is 0.459 e. The van der Waals surface area contributed by atoms with Crippen LogP contribution in [-0.2, 0) is 20.9 Å². The summed E-state index contributed by atoms with van der Waals surface area (Å²) in [5.74, 6) is -0.632. The molecule has 6 atom stereocenters. The monoisotopic (exact) mass is 832 g/mol. The molecule has 4 aromatic carbocycles. The van der Waals surface area contributed by atoms with Crippen molar-refractivity contribution in [3.63, 3.8) is 0 Å². The maximum atomic E-state index is 14.5. The molecular formula is C50H57FN2O8. The lowest BCUT2D eigenvalue weighted by Gasteiger charge is -2.59. The summed E-state index contributed by atoms with van der Waals surface area (Å²) in [5.41, 5.74) is 3.18. The van der Waals surface area contributed by atoms with Gasteiger partial charge in [0, 0.05) is 37.7 Å². The van der Waals surface area contributed by atoms with Crippen molar-refractivity contribution in [2.24, 2.45) is 22.9 Å². The molecule has 0 bridgehead atoms. The number of benzene rings is 4. The van der Waals surface area contributed by atoms with Gasteiger partial charge in [0.1, 0.15) is 36.2 Å². The molecule has 1 aliphatic heterocycles. The molecule has 0 aromatic heterocycles. The van der Waals surface area contributed by atoms with Crippen LogP contribution in [0.1, 0.15) is 68.4 Å². The van der Waals surface area contributed by atoms with Gasteiger partial charge < -0.3 is 34.0 Å². The lowest BCUT2D eigenvalue weighted by molar-refractivity contribution is -0.256. The molecule has 10 nitrogen and oxygen atoms in total. The number of amides is 1. The highest BCUT2D eigenvalue weighted by molar-refractivity contribution is 6.03. The lowest BCUT2D eigenvalue weighted by atomic mass is 9.55. The molecule has 1 saturated carbocycles. The van der Waals surface area contributed by atoms with E-state index in [0.717, 1.165) is 47.6 Å². The van der Waals surface area contributed by atoms with Gasteiger partial charge in [0.05, 0.1) is 24.8 Å². The second-order valence-corrected chi connectivity index (χ2v) is 16.0. The number of oxime groups is 1. The standard InChI is InChI=1S/C50H57FN2O8/c1-4-6-28-58-49(56)53(33-34-17-20-38(51)21-18-34)46-32-44(52-57-3)42-30-37(15-9-11-25-54)41(16-10-12-26-55)47-43-31-40(60-39-22-19-35-13-7-8-14-36(35)29-39)23-24-45(43)61-50(46,48(42)47)59-27-5-2/h4-5,7-8,13-14,17-24,29-31,37,41,46-48,54-55H,1-2,6,9-12,15-16,25-28,32-33H2,3H3/t37-,41+,46-,47+,48+,50+/m0/s1. The highest BCUT2D eigenvalue weighted by Crippen LogP contribution is 2.62. The van der Waals surface area contributed by atoms with Gasteiger partial charge in [-0.3, -0.25) is 4.90 Å². The number of rotatable bonds is 20. The summed E-state index contributed by atoms with van der Waals surface area (Å²) in [4.78, 5) is 21.7. The SMILES string of the molecule is C=CCCOC(=O)N(Cc1ccc(F)cc1)[C@H]1CC(=NOC)C2=C[C@H](CCCCO)[C@@H](CCCCO)[C@@H]3c4cc(Oc5ccc6ccccc6c5)ccc4O[C@@]1(OCC=C)[C@H]23. The number of ether oxygens (including phenoxy) is 4. The number of hydrogen-bond donors (Lipinski definition) is 2. The predicted molar refractivity (Wildman–Crippen MR) is 234 cm³/mol. The van der Waals surface area contributed by atoms with Crippen LogP contribution in [-0.4, -0.2) is 72.3 Å². The van der Waals surface area contributed by atoms with Crippen LogP contribution in [0.3, 0.4) is 0 Å². The van der Waals surface area contributed by atoms with E-state index in [9.17, 15) is 19.4 Å². The smallest absolute Gasteiger partial charge is 0.410 e. The van der Waals surface area contributed by atoms with Crippen LogP contribution in [0.5, 0.6) is 17.2 Å². The molecule has 61 heavy (non-hydrogen) atoms. The van der Waals surface area contributed by atoms with Crippen LogP contribution < -0.4 is 9.47 Å². The topological polar surface area (TPSA) is 119 Å². The molecule has 0 radical (unpaired) electrons. The van der Waals surface area contributed by atoms with Crippen LogP contribution in [0.25, 0.3) is 10.8 Å². The first-order valence-corrected chi connectivity index (χ1v) is 21.4. The van der Waals surface area contributed by atoms with Crippen molar-refractivity contribution in [2.75, 3.05) is 33.5 Å². The number of hydrogen-bond acceptors (Lipinski definition) is 9. The number of allylic oxidation sites excluding steroid dienone is 1. The van der Waals surface area contributed by atoms with Crippen molar-refractivity contribution >= 4 is 22.6 Å².